The molecule has 8 nitrogen and oxygen atoms in total. The molecule has 0 amide bonds. The molecule has 0 N–H and O–H groups in total. The van der Waals surface area contributed by atoms with Crippen LogP contribution in [-0.4, -0.2) is 42.6 Å². The van der Waals surface area contributed by atoms with Crippen molar-refractivity contribution in [3.05, 3.63) is 54.0 Å². The molecule has 0 radical (unpaired) electrons. The van der Waals surface area contributed by atoms with Crippen molar-refractivity contribution in [2.45, 2.75) is 44.2 Å². The van der Waals surface area contributed by atoms with Crippen LogP contribution in [0.5, 0.6) is 0 Å². The molecule has 3 aromatic rings. The van der Waals surface area contributed by atoms with Crippen molar-refractivity contribution < 1.29 is 0 Å². The first kappa shape index (κ1) is 16.9. The Kier molecular flexibility index (Phi) is 4.28. The van der Waals surface area contributed by atoms with Gasteiger partial charge in [-0.05, 0) is 43.9 Å². The molecule has 28 heavy (non-hydrogen) atoms. The van der Waals surface area contributed by atoms with Gasteiger partial charge in [0, 0.05) is 37.4 Å². The fourth-order valence-corrected chi connectivity index (χ4v) is 4.02. The quantitative estimate of drug-likeness (QED) is 0.682. The van der Waals surface area contributed by atoms with E-state index in [4.69, 9.17) is 5.26 Å². The van der Waals surface area contributed by atoms with Gasteiger partial charge >= 0.3 is 0 Å². The normalized spacial score (nSPS) is 17.6. The maximum atomic E-state index is 9.08. The minimum absolute atomic E-state index is 0.412. The van der Waals surface area contributed by atoms with Crippen LogP contribution in [0.25, 0.3) is 0 Å². The molecule has 0 unspecified atom stereocenters. The van der Waals surface area contributed by atoms with E-state index in [1.165, 1.54) is 12.8 Å². The monoisotopic (exact) mass is 374 g/mol. The Labute approximate surface area is 163 Å². The molecule has 8 heteroatoms. The molecular formula is C20H22N8. The van der Waals surface area contributed by atoms with E-state index in [2.05, 4.69) is 35.8 Å². The zero-order chi connectivity index (χ0) is 18.9. The van der Waals surface area contributed by atoms with E-state index in [-0.39, 0.29) is 0 Å². The third-order valence-electron chi connectivity index (χ3n) is 5.60. The Bertz CT molecular complexity index is 988. The van der Waals surface area contributed by atoms with Gasteiger partial charge in [0.15, 0.2) is 5.82 Å². The van der Waals surface area contributed by atoms with Crippen LogP contribution in [0.3, 0.4) is 0 Å². The number of nitrogens with zero attached hydrogens (tertiary/aromatic N) is 8. The Hall–Kier alpha value is -3.21. The number of pyridine rings is 1. The van der Waals surface area contributed by atoms with Crippen LogP contribution in [0.2, 0.25) is 0 Å². The molecule has 2 fully saturated rings. The van der Waals surface area contributed by atoms with Gasteiger partial charge in [0.05, 0.1) is 0 Å². The van der Waals surface area contributed by atoms with E-state index < -0.39 is 0 Å². The van der Waals surface area contributed by atoms with Crippen molar-refractivity contribution >= 4 is 5.82 Å². The van der Waals surface area contributed by atoms with Crippen molar-refractivity contribution in [3.63, 3.8) is 0 Å². The van der Waals surface area contributed by atoms with Crippen LogP contribution < -0.4 is 4.90 Å². The summed E-state index contributed by atoms with van der Waals surface area (Å²) in [4.78, 5) is 6.70. The van der Waals surface area contributed by atoms with Gasteiger partial charge in [0.25, 0.3) is 0 Å². The molecule has 1 saturated heterocycles. The molecule has 0 bridgehead atoms. The van der Waals surface area contributed by atoms with Gasteiger partial charge in [-0.25, -0.2) is 4.98 Å². The molecule has 0 aromatic carbocycles. The molecular weight excluding hydrogens is 352 g/mol. The van der Waals surface area contributed by atoms with Crippen LogP contribution in [-0.2, 0) is 6.54 Å². The molecule has 5 rings (SSSR count). The SMILES string of the molecule is N#Cc1cccc(N2CCC(c3nnc(Cn4cccn4)n3C3CC3)CC2)n1. The lowest BCUT2D eigenvalue weighted by atomic mass is 9.95. The average molecular weight is 374 g/mol. The third kappa shape index (κ3) is 3.24. The van der Waals surface area contributed by atoms with Crippen molar-refractivity contribution in [2.24, 2.45) is 0 Å². The van der Waals surface area contributed by atoms with Crippen molar-refractivity contribution in [2.75, 3.05) is 18.0 Å². The largest absolute Gasteiger partial charge is 0.357 e. The van der Waals surface area contributed by atoms with Gasteiger partial charge in [0.2, 0.25) is 0 Å². The fourth-order valence-electron chi connectivity index (χ4n) is 4.02. The highest BCUT2D eigenvalue weighted by Gasteiger charge is 2.33. The average Bonchev–Trinajstić information content (AvgIpc) is 3.29. The van der Waals surface area contributed by atoms with Crippen molar-refractivity contribution in [1.82, 2.24) is 29.5 Å². The summed E-state index contributed by atoms with van der Waals surface area (Å²) in [5.41, 5.74) is 0.469. The summed E-state index contributed by atoms with van der Waals surface area (Å²) < 4.78 is 4.28. The number of aromatic nitrogens is 6. The first-order valence-electron chi connectivity index (χ1n) is 9.85. The first-order valence-corrected chi connectivity index (χ1v) is 9.85. The van der Waals surface area contributed by atoms with Crippen LogP contribution in [0.1, 0.15) is 55.0 Å². The maximum Gasteiger partial charge on any atom is 0.155 e. The summed E-state index contributed by atoms with van der Waals surface area (Å²) in [5.74, 6) is 3.44. The van der Waals surface area contributed by atoms with Crippen LogP contribution in [0, 0.1) is 11.3 Å². The summed E-state index contributed by atoms with van der Waals surface area (Å²) in [5, 5.41) is 22.5. The van der Waals surface area contributed by atoms with Crippen LogP contribution in [0.4, 0.5) is 5.82 Å². The summed E-state index contributed by atoms with van der Waals surface area (Å²) in [6.07, 6.45) is 8.22. The number of rotatable bonds is 5. The molecule has 0 spiro atoms. The Morgan fingerprint density at radius 3 is 2.64 bits per heavy atom. The van der Waals surface area contributed by atoms with Crippen molar-refractivity contribution in [1.29, 1.82) is 5.26 Å². The minimum Gasteiger partial charge on any atom is -0.357 e. The number of piperidine rings is 1. The van der Waals surface area contributed by atoms with Crippen molar-refractivity contribution in [3.8, 4) is 6.07 Å². The molecule has 1 saturated carbocycles. The van der Waals surface area contributed by atoms with Gasteiger partial charge in [0.1, 0.15) is 30.0 Å². The van der Waals surface area contributed by atoms with E-state index >= 15 is 0 Å². The zero-order valence-electron chi connectivity index (χ0n) is 15.6. The topological polar surface area (TPSA) is 88.5 Å². The van der Waals surface area contributed by atoms with Gasteiger partial charge in [-0.2, -0.15) is 10.4 Å². The number of anilines is 1. The molecule has 142 valence electrons. The fraction of sp³-hybridized carbons (Fsp3) is 0.450. The highest BCUT2D eigenvalue weighted by molar-refractivity contribution is 5.42. The second-order valence-corrected chi connectivity index (χ2v) is 7.53. The molecule has 4 heterocycles. The lowest BCUT2D eigenvalue weighted by Gasteiger charge is -2.32. The van der Waals surface area contributed by atoms with Crippen LogP contribution >= 0.6 is 0 Å². The first-order chi connectivity index (χ1) is 13.8. The molecule has 1 aliphatic heterocycles. The molecule has 3 aromatic heterocycles. The zero-order valence-corrected chi connectivity index (χ0v) is 15.6. The highest BCUT2D eigenvalue weighted by atomic mass is 15.3. The minimum atomic E-state index is 0.412. The molecule has 0 atom stereocenters. The smallest absolute Gasteiger partial charge is 0.155 e. The van der Waals surface area contributed by atoms with Gasteiger partial charge in [-0.1, -0.05) is 6.07 Å². The predicted molar refractivity (Wildman–Crippen MR) is 103 cm³/mol. The third-order valence-corrected chi connectivity index (χ3v) is 5.60. The maximum absolute atomic E-state index is 9.08. The van der Waals surface area contributed by atoms with E-state index in [9.17, 15) is 0 Å². The molecule has 2 aliphatic rings. The standard InChI is InChI=1S/C20H22N8/c21-13-16-3-1-4-18(23-16)26-11-7-15(8-12-26)20-25-24-19(28(20)17-5-6-17)14-27-10-2-9-22-27/h1-4,9-10,15,17H,5-8,11-12,14H2. The summed E-state index contributed by atoms with van der Waals surface area (Å²) >= 11 is 0. The van der Waals surface area contributed by atoms with E-state index in [1.54, 1.807) is 12.3 Å². The second-order valence-electron chi connectivity index (χ2n) is 7.53. The van der Waals surface area contributed by atoms with Gasteiger partial charge in [-0.15, -0.1) is 10.2 Å². The highest BCUT2D eigenvalue weighted by Crippen LogP contribution is 2.40. The Morgan fingerprint density at radius 2 is 1.93 bits per heavy atom. The number of hydrogen-bond donors (Lipinski definition) is 0. The van der Waals surface area contributed by atoms with Gasteiger partial charge < -0.3 is 9.47 Å². The van der Waals surface area contributed by atoms with Gasteiger partial charge in [-0.3, -0.25) is 4.68 Å². The Morgan fingerprint density at radius 1 is 1.07 bits per heavy atom. The lowest BCUT2D eigenvalue weighted by molar-refractivity contribution is 0.458. The molecule has 1 aliphatic carbocycles. The summed E-state index contributed by atoms with van der Waals surface area (Å²) in [6.45, 7) is 2.50. The summed E-state index contributed by atoms with van der Waals surface area (Å²) in [6, 6.07) is 10.2. The number of hydrogen-bond acceptors (Lipinski definition) is 6. The predicted octanol–water partition coefficient (Wildman–Crippen LogP) is 2.51. The second kappa shape index (κ2) is 7.08. The van der Waals surface area contributed by atoms with E-state index in [0.29, 0.717) is 24.2 Å². The van der Waals surface area contributed by atoms with E-state index in [0.717, 1.165) is 43.4 Å². The lowest BCUT2D eigenvalue weighted by Crippen LogP contribution is -2.34. The number of nitriles is 1. The van der Waals surface area contributed by atoms with E-state index in [1.807, 2.05) is 29.1 Å². The Balaban J connectivity index is 1.32. The summed E-state index contributed by atoms with van der Waals surface area (Å²) in [7, 11) is 0. The van der Waals surface area contributed by atoms with Crippen LogP contribution in [0.15, 0.2) is 36.7 Å².